The maximum atomic E-state index is 12.4. The molecule has 1 saturated carbocycles. The normalized spacial score (nSPS) is 37.4. The van der Waals surface area contributed by atoms with Crippen LogP contribution in [-0.4, -0.2) is 36.3 Å². The van der Waals surface area contributed by atoms with Gasteiger partial charge in [-0.1, -0.05) is 24.3 Å². The minimum Gasteiger partial charge on any atom is -0.293 e. The molecule has 0 aromatic carbocycles. The number of amides is 2. The second-order valence-electron chi connectivity index (χ2n) is 6.61. The minimum atomic E-state index is -4.47. The third kappa shape index (κ3) is 2.06. The van der Waals surface area contributed by atoms with Crippen molar-refractivity contribution in [3.8, 4) is 0 Å². The monoisotopic (exact) mass is 349 g/mol. The lowest BCUT2D eigenvalue weighted by Crippen LogP contribution is -2.40. The van der Waals surface area contributed by atoms with Gasteiger partial charge in [0.25, 0.3) is 11.8 Å². The van der Waals surface area contributed by atoms with Crippen LogP contribution < -0.4 is 0 Å². The van der Waals surface area contributed by atoms with E-state index >= 15 is 0 Å². The summed E-state index contributed by atoms with van der Waals surface area (Å²) in [4.78, 5) is 36.8. The van der Waals surface area contributed by atoms with Crippen LogP contribution in [0.4, 0.5) is 0 Å². The van der Waals surface area contributed by atoms with Gasteiger partial charge < -0.3 is 0 Å². The van der Waals surface area contributed by atoms with Crippen molar-refractivity contribution in [2.75, 3.05) is 0 Å². The molecule has 1 aliphatic heterocycles. The van der Waals surface area contributed by atoms with Crippen molar-refractivity contribution in [1.82, 2.24) is 5.06 Å². The van der Waals surface area contributed by atoms with Gasteiger partial charge in [0.1, 0.15) is 0 Å². The molecule has 7 nitrogen and oxygen atoms in total. The van der Waals surface area contributed by atoms with Crippen LogP contribution in [0.25, 0.3) is 0 Å². The van der Waals surface area contributed by atoms with Crippen LogP contribution in [-0.2, 0) is 28.8 Å². The predicted octanol–water partition coefficient (Wildman–Crippen LogP) is 0.509. The summed E-state index contributed by atoms with van der Waals surface area (Å²) in [6.45, 7) is 1.66. The molecule has 2 amide bonds. The number of carbonyl (C=O) groups excluding carboxylic acids is 3. The molecule has 5 unspecified atom stereocenters. The fourth-order valence-electron chi connectivity index (χ4n) is 4.03. The summed E-state index contributed by atoms with van der Waals surface area (Å²) in [5.41, 5.74) is 0.622. The number of hydroxylamine groups is 2. The number of nitrogens with zero attached hydrogens (tertiary/aromatic N) is 1. The Bertz CT molecular complexity index is 822. The summed E-state index contributed by atoms with van der Waals surface area (Å²) in [5, 5.41) is -1.19. The molecule has 3 aliphatic carbocycles. The third-order valence-corrected chi connectivity index (χ3v) is 6.47. The average molecular weight is 349 g/mol. The smallest absolute Gasteiger partial charge is 0.293 e. The van der Waals surface area contributed by atoms with E-state index in [0.29, 0.717) is 10.6 Å². The van der Waals surface area contributed by atoms with E-state index in [1.807, 2.05) is 12.2 Å². The fraction of sp³-hybridized carbons (Fsp3) is 0.438. The molecule has 126 valence electrons. The van der Waals surface area contributed by atoms with Gasteiger partial charge in [0.2, 0.25) is 0 Å². The average Bonchev–Trinajstić information content (AvgIpc) is 3.16. The van der Waals surface area contributed by atoms with E-state index in [1.54, 1.807) is 6.92 Å². The van der Waals surface area contributed by atoms with Gasteiger partial charge in [0.05, 0.1) is 11.8 Å². The van der Waals surface area contributed by atoms with Gasteiger partial charge in [0, 0.05) is 0 Å². The number of allylic oxidation sites excluding steroid dienone is 5. The predicted molar refractivity (Wildman–Crippen MR) is 81.3 cm³/mol. The summed E-state index contributed by atoms with van der Waals surface area (Å²) in [6, 6.07) is 0. The molecule has 0 radical (unpaired) electrons. The first-order chi connectivity index (χ1) is 11.3. The zero-order chi connectivity index (χ0) is 17.2. The maximum Gasteiger partial charge on any atom is 0.302 e. The number of hydrogen-bond acceptors (Lipinski definition) is 6. The highest BCUT2D eigenvalue weighted by Crippen LogP contribution is 2.52. The Labute approximate surface area is 138 Å². The highest BCUT2D eigenvalue weighted by Gasteiger charge is 2.61. The summed E-state index contributed by atoms with van der Waals surface area (Å²) in [5.74, 6) is -3.13. The van der Waals surface area contributed by atoms with Crippen molar-refractivity contribution in [1.29, 1.82) is 0 Å². The van der Waals surface area contributed by atoms with Crippen LogP contribution >= 0.6 is 0 Å². The summed E-state index contributed by atoms with van der Waals surface area (Å²) in [7, 11) is -4.47. The van der Waals surface area contributed by atoms with Gasteiger partial charge in [-0.15, -0.1) is 9.35 Å². The molecule has 1 saturated heterocycles. The molecule has 0 aromatic heterocycles. The quantitative estimate of drug-likeness (QED) is 0.544. The lowest BCUT2D eigenvalue weighted by Gasteiger charge is -2.19. The lowest BCUT2D eigenvalue weighted by atomic mass is 9.85. The summed E-state index contributed by atoms with van der Waals surface area (Å²) in [6.07, 6.45) is 8.41. The Morgan fingerprint density at radius 2 is 1.62 bits per heavy atom. The molecular weight excluding hydrogens is 334 g/mol. The lowest BCUT2D eigenvalue weighted by molar-refractivity contribution is -0.166. The molecular formula is C16H15NO6S. The van der Waals surface area contributed by atoms with Crippen molar-refractivity contribution >= 4 is 27.7 Å². The number of imide groups is 1. The highest BCUT2D eigenvalue weighted by atomic mass is 32.2. The molecule has 5 atom stereocenters. The van der Waals surface area contributed by atoms with E-state index in [-0.39, 0.29) is 11.8 Å². The molecule has 4 aliphatic rings. The van der Waals surface area contributed by atoms with E-state index in [0.717, 1.165) is 6.42 Å². The zero-order valence-electron chi connectivity index (χ0n) is 12.8. The molecule has 1 heterocycles. The molecule has 0 N–H and O–H groups in total. The Hall–Kier alpha value is -2.06. The van der Waals surface area contributed by atoms with Gasteiger partial charge in [0.15, 0.2) is 11.0 Å². The second-order valence-corrected chi connectivity index (χ2v) is 8.25. The third-order valence-electron chi connectivity index (χ3n) is 5.10. The van der Waals surface area contributed by atoms with E-state index in [1.165, 1.54) is 18.2 Å². The van der Waals surface area contributed by atoms with Crippen molar-refractivity contribution in [2.45, 2.75) is 18.6 Å². The Morgan fingerprint density at radius 3 is 2.17 bits per heavy atom. The first-order valence-electron chi connectivity index (χ1n) is 7.69. The van der Waals surface area contributed by atoms with Gasteiger partial charge >= 0.3 is 10.1 Å². The number of fused-ring (bicyclic) bond motifs is 5. The van der Waals surface area contributed by atoms with Crippen LogP contribution in [0.15, 0.2) is 36.0 Å². The zero-order valence-corrected chi connectivity index (χ0v) is 13.6. The van der Waals surface area contributed by atoms with Crippen molar-refractivity contribution in [2.24, 2.45) is 23.7 Å². The molecule has 2 fully saturated rings. The molecule has 0 aromatic rings. The SMILES string of the molecule is CC1=CC(=O)C(S(=O)(=O)ON2C(=O)C3C4C=CC(C4)C3C2=O)C=C1. The fourth-order valence-corrected chi connectivity index (χ4v) is 5.10. The number of ketones is 1. The highest BCUT2D eigenvalue weighted by molar-refractivity contribution is 7.88. The number of rotatable bonds is 3. The van der Waals surface area contributed by atoms with Crippen molar-refractivity contribution in [3.05, 3.63) is 36.0 Å². The first kappa shape index (κ1) is 15.5. The Kier molecular flexibility index (Phi) is 3.20. The van der Waals surface area contributed by atoms with Crippen LogP contribution in [0.3, 0.4) is 0 Å². The summed E-state index contributed by atoms with van der Waals surface area (Å²) < 4.78 is 29.5. The van der Waals surface area contributed by atoms with Gasteiger partial charge in [-0.05, 0) is 36.8 Å². The standard InChI is InChI=1S/C16H15NO6S/c1-8-2-5-12(11(18)6-8)24(21,22)23-17-15(19)13-9-3-4-10(7-9)14(13)16(17)20/h2-6,9-10,12-14H,7H2,1H3. The second kappa shape index (κ2) is 4.97. The van der Waals surface area contributed by atoms with E-state index < -0.39 is 44.8 Å². The van der Waals surface area contributed by atoms with Gasteiger partial charge in [-0.25, -0.2) is 0 Å². The Morgan fingerprint density at radius 1 is 1.04 bits per heavy atom. The molecule has 4 rings (SSSR count). The Balaban J connectivity index is 1.58. The van der Waals surface area contributed by atoms with E-state index in [4.69, 9.17) is 4.28 Å². The molecule has 8 heteroatoms. The number of carbonyl (C=O) groups is 3. The molecule has 0 spiro atoms. The van der Waals surface area contributed by atoms with Crippen LogP contribution in [0.5, 0.6) is 0 Å². The largest absolute Gasteiger partial charge is 0.302 e. The van der Waals surface area contributed by atoms with Crippen LogP contribution in [0, 0.1) is 23.7 Å². The van der Waals surface area contributed by atoms with Crippen LogP contribution in [0.1, 0.15) is 13.3 Å². The maximum absolute atomic E-state index is 12.4. The van der Waals surface area contributed by atoms with Crippen molar-refractivity contribution < 1.29 is 27.1 Å². The van der Waals surface area contributed by atoms with Crippen LogP contribution in [0.2, 0.25) is 0 Å². The molecule has 2 bridgehead atoms. The molecule has 24 heavy (non-hydrogen) atoms. The topological polar surface area (TPSA) is 97.8 Å². The van der Waals surface area contributed by atoms with Crippen molar-refractivity contribution in [3.63, 3.8) is 0 Å². The van der Waals surface area contributed by atoms with Gasteiger partial charge in [-0.2, -0.15) is 8.42 Å². The first-order valence-corrected chi connectivity index (χ1v) is 9.16. The number of hydrogen-bond donors (Lipinski definition) is 0. The summed E-state index contributed by atoms with van der Waals surface area (Å²) >= 11 is 0. The minimum absolute atomic E-state index is 0.0467. The van der Waals surface area contributed by atoms with Gasteiger partial charge in [-0.3, -0.25) is 14.4 Å². The van der Waals surface area contributed by atoms with E-state index in [9.17, 15) is 22.8 Å². The van der Waals surface area contributed by atoms with E-state index in [2.05, 4.69) is 0 Å².